The quantitative estimate of drug-likeness (QED) is 0.511. The first kappa shape index (κ1) is 11.9. The molecule has 0 saturated carbocycles. The molecular weight excluding hydrogens is 195 g/mol. The zero-order chi connectivity index (χ0) is 11.3. The fourth-order valence-corrected chi connectivity index (χ4v) is 1.30. The van der Waals surface area contributed by atoms with Gasteiger partial charge in [0.05, 0.1) is 11.8 Å². The normalized spacial score (nSPS) is 12.7. The Labute approximate surface area is 89.1 Å². The lowest BCUT2D eigenvalue weighted by Crippen LogP contribution is -2.22. The lowest BCUT2D eigenvalue weighted by Gasteiger charge is -2.12. The molecule has 0 aromatic heterocycles. The molecule has 1 aromatic rings. The second kappa shape index (κ2) is 5.68. The molecule has 4 heteroatoms. The van der Waals surface area contributed by atoms with Crippen molar-refractivity contribution in [3.05, 3.63) is 29.6 Å². The summed E-state index contributed by atoms with van der Waals surface area (Å²) in [4.78, 5) is 0. The van der Waals surface area contributed by atoms with Gasteiger partial charge in [-0.05, 0) is 30.7 Å². The molecular formula is C11H17FN2O. The summed E-state index contributed by atoms with van der Waals surface area (Å²) >= 11 is 0. The van der Waals surface area contributed by atoms with E-state index < -0.39 is 11.9 Å². The summed E-state index contributed by atoms with van der Waals surface area (Å²) in [6.07, 6.45) is 0.373. The third-order valence-electron chi connectivity index (χ3n) is 2.17. The molecule has 15 heavy (non-hydrogen) atoms. The van der Waals surface area contributed by atoms with Gasteiger partial charge >= 0.3 is 0 Å². The minimum atomic E-state index is -0.639. The number of hydrogen-bond acceptors (Lipinski definition) is 3. The van der Waals surface area contributed by atoms with Gasteiger partial charge in [-0.15, -0.1) is 0 Å². The van der Waals surface area contributed by atoms with Gasteiger partial charge in [-0.2, -0.15) is 0 Å². The fourth-order valence-electron chi connectivity index (χ4n) is 1.30. The van der Waals surface area contributed by atoms with E-state index in [2.05, 4.69) is 12.2 Å². The zero-order valence-electron chi connectivity index (χ0n) is 8.83. The molecule has 0 heterocycles. The highest BCUT2D eigenvalue weighted by molar-refractivity contribution is 5.43. The Kier molecular flexibility index (Phi) is 4.52. The number of nitrogen functional groups attached to an aromatic ring is 1. The Hall–Kier alpha value is -1.13. The van der Waals surface area contributed by atoms with Crippen molar-refractivity contribution in [2.45, 2.75) is 19.4 Å². The van der Waals surface area contributed by atoms with E-state index in [0.717, 1.165) is 13.0 Å². The van der Waals surface area contributed by atoms with Crippen LogP contribution in [0.3, 0.4) is 0 Å². The van der Waals surface area contributed by atoms with Gasteiger partial charge in [0.15, 0.2) is 0 Å². The number of aliphatic hydroxyl groups excluding tert-OH is 1. The van der Waals surface area contributed by atoms with Crippen LogP contribution < -0.4 is 11.1 Å². The van der Waals surface area contributed by atoms with Crippen LogP contribution >= 0.6 is 0 Å². The van der Waals surface area contributed by atoms with E-state index in [1.54, 1.807) is 6.07 Å². The van der Waals surface area contributed by atoms with Crippen LogP contribution in [-0.2, 0) is 0 Å². The van der Waals surface area contributed by atoms with E-state index in [9.17, 15) is 9.50 Å². The Bertz CT molecular complexity index is 317. The second-order valence-corrected chi connectivity index (χ2v) is 3.50. The number of benzene rings is 1. The summed E-state index contributed by atoms with van der Waals surface area (Å²) in [5.41, 5.74) is 6.11. The van der Waals surface area contributed by atoms with Gasteiger partial charge < -0.3 is 16.2 Å². The summed E-state index contributed by atoms with van der Waals surface area (Å²) < 4.78 is 12.8. The number of rotatable bonds is 5. The third-order valence-corrected chi connectivity index (χ3v) is 2.17. The highest BCUT2D eigenvalue weighted by Gasteiger charge is 2.08. The number of nitrogens with two attached hydrogens (primary N) is 1. The summed E-state index contributed by atoms with van der Waals surface area (Å²) in [7, 11) is 0. The molecule has 0 saturated heterocycles. The Morgan fingerprint density at radius 3 is 2.87 bits per heavy atom. The number of halogens is 1. The van der Waals surface area contributed by atoms with Crippen molar-refractivity contribution in [1.82, 2.24) is 5.32 Å². The number of hydrogen-bond donors (Lipinski definition) is 3. The molecule has 0 aliphatic heterocycles. The van der Waals surface area contributed by atoms with Crippen molar-refractivity contribution >= 4 is 5.69 Å². The molecule has 4 N–H and O–H groups in total. The van der Waals surface area contributed by atoms with Crippen LogP contribution in [0.2, 0.25) is 0 Å². The Balaban J connectivity index is 2.57. The number of nitrogens with one attached hydrogen (secondary N) is 1. The topological polar surface area (TPSA) is 58.3 Å². The molecule has 1 unspecified atom stereocenters. The first-order valence-corrected chi connectivity index (χ1v) is 5.09. The maximum absolute atomic E-state index is 12.8. The standard InChI is InChI=1S/C11H17FN2O/c1-2-5-14-7-11(15)8-3-4-9(12)10(13)6-8/h3-4,6,11,14-15H,2,5,7,13H2,1H3. The monoisotopic (exact) mass is 212 g/mol. The van der Waals surface area contributed by atoms with Crippen molar-refractivity contribution < 1.29 is 9.50 Å². The summed E-state index contributed by atoms with van der Waals surface area (Å²) in [5, 5.41) is 12.8. The van der Waals surface area contributed by atoms with Gasteiger partial charge in [-0.25, -0.2) is 4.39 Å². The van der Waals surface area contributed by atoms with Crippen molar-refractivity contribution in [2.24, 2.45) is 0 Å². The SMILES string of the molecule is CCCNCC(O)c1ccc(F)c(N)c1. The van der Waals surface area contributed by atoms with Crippen molar-refractivity contribution in [3.63, 3.8) is 0 Å². The van der Waals surface area contributed by atoms with E-state index in [1.807, 2.05) is 0 Å². The molecule has 0 radical (unpaired) electrons. The molecule has 3 nitrogen and oxygen atoms in total. The molecule has 0 amide bonds. The number of anilines is 1. The minimum absolute atomic E-state index is 0.0713. The summed E-state index contributed by atoms with van der Waals surface area (Å²) in [5.74, 6) is -0.451. The van der Waals surface area contributed by atoms with Crippen molar-refractivity contribution in [1.29, 1.82) is 0 Å². The van der Waals surface area contributed by atoms with Gasteiger partial charge in [-0.1, -0.05) is 13.0 Å². The van der Waals surface area contributed by atoms with Crippen LogP contribution in [-0.4, -0.2) is 18.2 Å². The van der Waals surface area contributed by atoms with Crippen molar-refractivity contribution in [2.75, 3.05) is 18.8 Å². The van der Waals surface area contributed by atoms with E-state index in [-0.39, 0.29) is 5.69 Å². The third kappa shape index (κ3) is 3.49. The van der Waals surface area contributed by atoms with Gasteiger partial charge in [-0.3, -0.25) is 0 Å². The van der Waals surface area contributed by atoms with Crippen LogP contribution in [0.15, 0.2) is 18.2 Å². The molecule has 0 bridgehead atoms. The lowest BCUT2D eigenvalue weighted by atomic mass is 10.1. The maximum Gasteiger partial charge on any atom is 0.146 e. The predicted molar refractivity (Wildman–Crippen MR) is 58.9 cm³/mol. The molecule has 84 valence electrons. The molecule has 0 fully saturated rings. The molecule has 1 aromatic carbocycles. The predicted octanol–water partition coefficient (Wildman–Crippen LogP) is 1.44. The van der Waals surface area contributed by atoms with Gasteiger partial charge in [0.2, 0.25) is 0 Å². The highest BCUT2D eigenvalue weighted by Crippen LogP contribution is 2.17. The molecule has 0 aliphatic carbocycles. The Morgan fingerprint density at radius 2 is 2.27 bits per heavy atom. The molecule has 1 atom stereocenters. The maximum atomic E-state index is 12.8. The van der Waals surface area contributed by atoms with Crippen LogP contribution in [0.4, 0.5) is 10.1 Å². The second-order valence-electron chi connectivity index (χ2n) is 3.50. The van der Waals surface area contributed by atoms with E-state index >= 15 is 0 Å². The first-order valence-electron chi connectivity index (χ1n) is 5.09. The van der Waals surface area contributed by atoms with Gasteiger partial charge in [0.25, 0.3) is 0 Å². The molecule has 0 spiro atoms. The minimum Gasteiger partial charge on any atom is -0.396 e. The van der Waals surface area contributed by atoms with E-state index in [1.165, 1.54) is 12.1 Å². The Morgan fingerprint density at radius 1 is 1.53 bits per heavy atom. The van der Waals surface area contributed by atoms with Gasteiger partial charge in [0, 0.05) is 6.54 Å². The first-order chi connectivity index (χ1) is 7.15. The lowest BCUT2D eigenvalue weighted by molar-refractivity contribution is 0.175. The molecule has 0 aliphatic rings. The highest BCUT2D eigenvalue weighted by atomic mass is 19.1. The van der Waals surface area contributed by atoms with E-state index in [4.69, 9.17) is 5.73 Å². The van der Waals surface area contributed by atoms with Crippen molar-refractivity contribution in [3.8, 4) is 0 Å². The average molecular weight is 212 g/mol. The fraction of sp³-hybridized carbons (Fsp3) is 0.455. The van der Waals surface area contributed by atoms with Crippen LogP contribution in [0.1, 0.15) is 25.0 Å². The largest absolute Gasteiger partial charge is 0.396 e. The summed E-state index contributed by atoms with van der Waals surface area (Å²) in [6.45, 7) is 3.36. The summed E-state index contributed by atoms with van der Waals surface area (Å²) in [6, 6.07) is 4.28. The van der Waals surface area contributed by atoms with E-state index in [0.29, 0.717) is 12.1 Å². The van der Waals surface area contributed by atoms with Crippen LogP contribution in [0.25, 0.3) is 0 Å². The number of aliphatic hydroxyl groups is 1. The zero-order valence-corrected chi connectivity index (χ0v) is 8.83. The average Bonchev–Trinajstić information content (AvgIpc) is 2.22. The molecule has 1 rings (SSSR count). The van der Waals surface area contributed by atoms with Gasteiger partial charge in [0.1, 0.15) is 5.82 Å². The smallest absolute Gasteiger partial charge is 0.146 e. The van der Waals surface area contributed by atoms with Crippen LogP contribution in [0, 0.1) is 5.82 Å². The van der Waals surface area contributed by atoms with Crippen LogP contribution in [0.5, 0.6) is 0 Å².